The Bertz CT molecular complexity index is 586. The highest BCUT2D eigenvalue weighted by molar-refractivity contribution is 7.10. The first-order chi connectivity index (χ1) is 8.45. The highest BCUT2D eigenvalue weighted by Gasteiger charge is 2.48. The second kappa shape index (κ2) is 2.89. The molecule has 0 unspecified atom stereocenters. The van der Waals surface area contributed by atoms with Crippen LogP contribution in [-0.2, 0) is 0 Å². The maximum Gasteiger partial charge on any atom is 0.113 e. The van der Waals surface area contributed by atoms with Crippen LogP contribution < -0.4 is 20.7 Å². The van der Waals surface area contributed by atoms with Crippen molar-refractivity contribution in [3.05, 3.63) is 36.4 Å². The van der Waals surface area contributed by atoms with Gasteiger partial charge in [-0.25, -0.2) is 0 Å². The summed E-state index contributed by atoms with van der Waals surface area (Å²) in [6, 6.07) is 14.2. The first-order valence-electron chi connectivity index (χ1n) is 6.74. The normalized spacial score (nSPS) is 20.0. The molecule has 2 aromatic rings. The smallest absolute Gasteiger partial charge is 0.0624 e. The van der Waals surface area contributed by atoms with Gasteiger partial charge in [0, 0.05) is 0 Å². The second-order valence-corrected chi connectivity index (χ2v) is 15.4. The lowest BCUT2D eigenvalue weighted by Gasteiger charge is -2.25. The molecule has 0 radical (unpaired) electrons. The van der Waals surface area contributed by atoms with Crippen LogP contribution in [0.2, 0.25) is 26.2 Å². The summed E-state index contributed by atoms with van der Waals surface area (Å²) in [6.07, 6.45) is 0. The maximum absolute atomic E-state index is 2.51. The third-order valence-corrected chi connectivity index (χ3v) is 12.1. The predicted molar refractivity (Wildman–Crippen MR) is 85.4 cm³/mol. The van der Waals surface area contributed by atoms with Crippen LogP contribution in [0.4, 0.5) is 0 Å². The van der Waals surface area contributed by atoms with Gasteiger partial charge in [-0.05, 0) is 31.9 Å². The zero-order valence-electron chi connectivity index (χ0n) is 11.5. The van der Waals surface area contributed by atoms with E-state index in [1.54, 1.807) is 31.9 Å². The third-order valence-electron chi connectivity index (χ3n) is 5.07. The minimum atomic E-state index is -1.41. The first-order valence-corrected chi connectivity index (χ1v) is 12.7. The molecule has 0 N–H and O–H groups in total. The molecule has 0 aromatic heterocycles. The van der Waals surface area contributed by atoms with Crippen molar-refractivity contribution < 1.29 is 0 Å². The molecular weight excluding hydrogens is 248 g/mol. The van der Waals surface area contributed by atoms with Crippen molar-refractivity contribution in [3.63, 3.8) is 0 Å². The summed E-state index contributed by atoms with van der Waals surface area (Å²) in [4.78, 5) is 0. The standard InChI is InChI=1S/C16H18Si2/c1-17(2)11-7-5-9-13-15(11)16-12(17)8-6-10-14(16)18(13,3)4/h5-10H,1-4H3. The Morgan fingerprint density at radius 1 is 0.556 bits per heavy atom. The number of benzene rings is 2. The molecule has 2 aromatic carbocycles. The largest absolute Gasteiger partial charge is 0.113 e. The van der Waals surface area contributed by atoms with Crippen molar-refractivity contribution in [3.8, 4) is 11.1 Å². The van der Waals surface area contributed by atoms with E-state index in [4.69, 9.17) is 0 Å². The van der Waals surface area contributed by atoms with Gasteiger partial charge in [0.2, 0.25) is 0 Å². The van der Waals surface area contributed by atoms with E-state index in [1.807, 2.05) is 0 Å². The maximum atomic E-state index is 2.51. The van der Waals surface area contributed by atoms with Crippen molar-refractivity contribution >= 4 is 36.9 Å². The fourth-order valence-corrected chi connectivity index (χ4v) is 10.4. The van der Waals surface area contributed by atoms with E-state index >= 15 is 0 Å². The molecule has 0 aliphatic carbocycles. The number of hydrogen-bond acceptors (Lipinski definition) is 0. The van der Waals surface area contributed by atoms with E-state index in [9.17, 15) is 0 Å². The van der Waals surface area contributed by atoms with Crippen LogP contribution in [0.15, 0.2) is 36.4 Å². The average molecular weight is 266 g/mol. The molecule has 18 heavy (non-hydrogen) atoms. The average Bonchev–Trinajstić information content (AvgIpc) is 2.72. The molecule has 0 spiro atoms. The Morgan fingerprint density at radius 2 is 0.833 bits per heavy atom. The van der Waals surface area contributed by atoms with E-state index in [2.05, 4.69) is 62.6 Å². The monoisotopic (exact) mass is 266 g/mol. The van der Waals surface area contributed by atoms with Crippen LogP contribution in [-0.4, -0.2) is 16.1 Å². The molecule has 2 aliphatic rings. The molecule has 0 amide bonds. The molecule has 0 saturated heterocycles. The van der Waals surface area contributed by atoms with Crippen LogP contribution in [0.3, 0.4) is 0 Å². The van der Waals surface area contributed by atoms with Gasteiger partial charge in [-0.15, -0.1) is 0 Å². The van der Waals surface area contributed by atoms with Crippen LogP contribution in [0.5, 0.6) is 0 Å². The minimum absolute atomic E-state index is 1.41. The van der Waals surface area contributed by atoms with E-state index in [0.29, 0.717) is 0 Å². The number of rotatable bonds is 0. The molecule has 0 nitrogen and oxygen atoms in total. The molecule has 4 rings (SSSR count). The van der Waals surface area contributed by atoms with Gasteiger partial charge in [0.25, 0.3) is 0 Å². The van der Waals surface area contributed by atoms with Crippen LogP contribution >= 0.6 is 0 Å². The van der Waals surface area contributed by atoms with Gasteiger partial charge in [0.05, 0.1) is 0 Å². The summed E-state index contributed by atoms with van der Waals surface area (Å²) in [7, 11) is -2.82. The Balaban J connectivity index is 2.27. The van der Waals surface area contributed by atoms with Gasteiger partial charge in [-0.2, -0.15) is 0 Å². The van der Waals surface area contributed by atoms with Crippen molar-refractivity contribution in [2.75, 3.05) is 0 Å². The summed E-state index contributed by atoms with van der Waals surface area (Å²) < 4.78 is 0. The highest BCUT2D eigenvalue weighted by Crippen LogP contribution is 2.33. The van der Waals surface area contributed by atoms with Gasteiger partial charge in [-0.1, -0.05) is 62.6 Å². The summed E-state index contributed by atoms with van der Waals surface area (Å²) in [6.45, 7) is 10.0. The van der Waals surface area contributed by atoms with Crippen molar-refractivity contribution in [2.24, 2.45) is 0 Å². The van der Waals surface area contributed by atoms with Crippen LogP contribution in [0.1, 0.15) is 0 Å². The lowest BCUT2D eigenvalue weighted by atomic mass is 10.1. The molecule has 2 heteroatoms. The van der Waals surface area contributed by atoms with Gasteiger partial charge in [0.15, 0.2) is 0 Å². The fourth-order valence-electron chi connectivity index (χ4n) is 4.02. The zero-order valence-corrected chi connectivity index (χ0v) is 13.5. The van der Waals surface area contributed by atoms with Crippen LogP contribution in [0, 0.1) is 0 Å². The summed E-state index contributed by atoms with van der Waals surface area (Å²) in [5.74, 6) is 0. The third kappa shape index (κ3) is 0.951. The SMILES string of the molecule is C[Si]1(C)c2cccc3c2-c2c1cccc2[Si]3(C)C. The number of hydrogen-bond donors (Lipinski definition) is 0. The van der Waals surface area contributed by atoms with Crippen LogP contribution in [0.25, 0.3) is 11.1 Å². The minimum Gasteiger partial charge on any atom is -0.0624 e. The molecule has 0 atom stereocenters. The molecule has 0 fully saturated rings. The van der Waals surface area contributed by atoms with E-state index < -0.39 is 16.1 Å². The van der Waals surface area contributed by atoms with Crippen molar-refractivity contribution in [1.82, 2.24) is 0 Å². The van der Waals surface area contributed by atoms with Gasteiger partial charge in [-0.3, -0.25) is 0 Å². The van der Waals surface area contributed by atoms with Gasteiger partial charge in [0.1, 0.15) is 16.1 Å². The van der Waals surface area contributed by atoms with Crippen molar-refractivity contribution in [1.29, 1.82) is 0 Å². The summed E-state index contributed by atoms with van der Waals surface area (Å²) >= 11 is 0. The Morgan fingerprint density at radius 3 is 1.11 bits per heavy atom. The van der Waals surface area contributed by atoms with E-state index in [1.165, 1.54) is 0 Å². The topological polar surface area (TPSA) is 0 Å². The molecule has 2 heterocycles. The summed E-state index contributed by atoms with van der Waals surface area (Å²) in [5, 5.41) is 6.72. The van der Waals surface area contributed by atoms with E-state index in [-0.39, 0.29) is 0 Å². The lowest BCUT2D eigenvalue weighted by molar-refractivity contribution is 1.74. The quantitative estimate of drug-likeness (QED) is 0.636. The second-order valence-electron chi connectivity index (χ2n) is 6.71. The van der Waals surface area contributed by atoms with Crippen molar-refractivity contribution in [2.45, 2.75) is 26.2 Å². The summed E-state index contributed by atoms with van der Waals surface area (Å²) in [5.41, 5.74) is 3.30. The fraction of sp³-hybridized carbons (Fsp3) is 0.250. The Kier molecular flexibility index (Phi) is 1.73. The molecule has 90 valence electrons. The molecule has 0 saturated carbocycles. The molecule has 0 bridgehead atoms. The lowest BCUT2D eigenvalue weighted by Crippen LogP contribution is -2.56. The Labute approximate surface area is 111 Å². The predicted octanol–water partition coefficient (Wildman–Crippen LogP) is 1.63. The highest BCUT2D eigenvalue weighted by atomic mass is 28.3. The first kappa shape index (κ1) is 10.8. The molecular formula is C16H18Si2. The molecule has 2 aliphatic heterocycles. The van der Waals surface area contributed by atoms with E-state index in [0.717, 1.165) is 0 Å². The van der Waals surface area contributed by atoms with Gasteiger partial charge >= 0.3 is 0 Å². The zero-order chi connectivity index (χ0) is 12.7. The van der Waals surface area contributed by atoms with Gasteiger partial charge < -0.3 is 0 Å². The Hall–Kier alpha value is -1.13.